The van der Waals surface area contributed by atoms with Crippen LogP contribution < -0.4 is 4.90 Å². The van der Waals surface area contributed by atoms with E-state index in [0.29, 0.717) is 25.9 Å². The lowest BCUT2D eigenvalue weighted by molar-refractivity contribution is -0.123. The quantitative estimate of drug-likeness (QED) is 0.650. The molecule has 1 amide bonds. The van der Waals surface area contributed by atoms with Crippen molar-refractivity contribution in [1.29, 1.82) is 0 Å². The minimum absolute atomic E-state index is 0.00257. The Bertz CT molecular complexity index is 973. The van der Waals surface area contributed by atoms with E-state index in [1.54, 1.807) is 17.0 Å². The van der Waals surface area contributed by atoms with Crippen LogP contribution in [0.25, 0.3) is 0 Å². The monoisotopic (exact) mass is 436 g/mol. The molecule has 1 unspecified atom stereocenters. The zero-order chi connectivity index (χ0) is 21.0. The van der Waals surface area contributed by atoms with E-state index in [2.05, 4.69) is 0 Å². The Labute approximate surface area is 174 Å². The first-order chi connectivity index (χ1) is 13.9. The van der Waals surface area contributed by atoms with Gasteiger partial charge in [0.25, 0.3) is 0 Å². The molecule has 1 aromatic carbocycles. The van der Waals surface area contributed by atoms with Crippen LogP contribution >= 0.6 is 11.3 Å². The summed E-state index contributed by atoms with van der Waals surface area (Å²) in [6.07, 6.45) is 1.21. The number of carbonyl (C=O) groups is 2. The largest absolute Gasteiger partial charge is 0.465 e. The maximum absolute atomic E-state index is 13.3. The maximum Gasteiger partial charge on any atom is 0.339 e. The number of sulfonamides is 1. The molecule has 7 nitrogen and oxygen atoms in total. The van der Waals surface area contributed by atoms with Crippen molar-refractivity contribution in [1.82, 2.24) is 4.31 Å². The Hall–Kier alpha value is -2.23. The van der Waals surface area contributed by atoms with Gasteiger partial charge in [-0.05, 0) is 49.4 Å². The summed E-state index contributed by atoms with van der Waals surface area (Å²) >= 11 is 1.48. The first-order valence-corrected chi connectivity index (χ1v) is 11.7. The van der Waals surface area contributed by atoms with Crippen LogP contribution in [0.15, 0.2) is 46.7 Å². The number of hydrogen-bond donors (Lipinski definition) is 0. The van der Waals surface area contributed by atoms with Crippen molar-refractivity contribution in [2.45, 2.75) is 24.7 Å². The second-order valence-corrected chi connectivity index (χ2v) is 9.56. The van der Waals surface area contributed by atoms with Gasteiger partial charge < -0.3 is 9.64 Å². The Kier molecular flexibility index (Phi) is 6.71. The third-order valence-corrected chi connectivity index (χ3v) is 7.81. The average Bonchev–Trinajstić information content (AvgIpc) is 3.28. The van der Waals surface area contributed by atoms with Crippen LogP contribution in [0.1, 0.15) is 30.1 Å². The van der Waals surface area contributed by atoms with Crippen molar-refractivity contribution in [2.24, 2.45) is 5.92 Å². The van der Waals surface area contributed by atoms with Gasteiger partial charge in [0.2, 0.25) is 15.9 Å². The van der Waals surface area contributed by atoms with Gasteiger partial charge in [0, 0.05) is 19.6 Å². The Balaban J connectivity index is 1.85. The van der Waals surface area contributed by atoms with Gasteiger partial charge >= 0.3 is 5.97 Å². The van der Waals surface area contributed by atoms with Crippen molar-refractivity contribution in [3.05, 3.63) is 47.3 Å². The van der Waals surface area contributed by atoms with E-state index in [9.17, 15) is 18.0 Å². The molecule has 1 aliphatic heterocycles. The van der Waals surface area contributed by atoms with Crippen LogP contribution in [0.3, 0.4) is 0 Å². The number of methoxy groups -OCH3 is 1. The molecule has 0 N–H and O–H groups in total. The maximum atomic E-state index is 13.3. The fourth-order valence-corrected chi connectivity index (χ4v) is 6.04. The third-order valence-electron chi connectivity index (χ3n) is 5.00. The average molecular weight is 437 g/mol. The van der Waals surface area contributed by atoms with Gasteiger partial charge in [-0.2, -0.15) is 4.31 Å². The summed E-state index contributed by atoms with van der Waals surface area (Å²) in [5, 5.41) is 2.76. The van der Waals surface area contributed by atoms with Crippen molar-refractivity contribution in [2.75, 3.05) is 31.6 Å². The molecule has 1 atom stereocenters. The van der Waals surface area contributed by atoms with E-state index in [1.807, 2.05) is 24.4 Å². The van der Waals surface area contributed by atoms with E-state index in [-0.39, 0.29) is 22.9 Å². The van der Waals surface area contributed by atoms with Crippen LogP contribution in [0.2, 0.25) is 0 Å². The molecular formula is C20H24N2O5S2. The van der Waals surface area contributed by atoms with Crippen molar-refractivity contribution in [3.63, 3.8) is 0 Å². The summed E-state index contributed by atoms with van der Waals surface area (Å²) < 4.78 is 32.6. The smallest absolute Gasteiger partial charge is 0.339 e. The Morgan fingerprint density at radius 2 is 2.00 bits per heavy atom. The molecule has 0 bridgehead atoms. The summed E-state index contributed by atoms with van der Waals surface area (Å²) in [7, 11) is -2.72. The van der Waals surface area contributed by atoms with Gasteiger partial charge in [0.05, 0.1) is 28.5 Å². The number of hydrogen-bond acceptors (Lipinski definition) is 6. The molecule has 0 aliphatic carbocycles. The molecule has 1 aliphatic rings. The topological polar surface area (TPSA) is 84.0 Å². The fourth-order valence-electron chi connectivity index (χ4n) is 3.54. The van der Waals surface area contributed by atoms with Gasteiger partial charge in [-0.3, -0.25) is 4.79 Å². The van der Waals surface area contributed by atoms with Gasteiger partial charge in [0.15, 0.2) is 0 Å². The van der Waals surface area contributed by atoms with E-state index < -0.39 is 21.9 Å². The van der Waals surface area contributed by atoms with Crippen molar-refractivity contribution >= 4 is 38.2 Å². The highest BCUT2D eigenvalue weighted by Gasteiger charge is 2.36. The fraction of sp³-hybridized carbons (Fsp3) is 0.400. The molecule has 1 aromatic heterocycles. The van der Waals surface area contributed by atoms with Crippen LogP contribution in [-0.4, -0.2) is 51.3 Å². The number of amides is 1. The standard InChI is InChI=1S/C20H24N2O5S2/c1-3-22(18-11-7-13-28-18)19(23)15-8-6-12-21(14-15)29(25,26)17-10-5-4-9-16(17)20(24)27-2/h4-5,7,9-11,13,15H,3,6,8,12,14H2,1-2H3. The SMILES string of the molecule is CCN(C(=O)C1CCCN(S(=O)(=O)c2ccccc2C(=O)OC)C1)c1cccs1. The molecule has 0 saturated carbocycles. The minimum atomic E-state index is -3.94. The lowest BCUT2D eigenvalue weighted by Crippen LogP contribution is -2.46. The molecule has 2 heterocycles. The number of benzene rings is 1. The van der Waals surface area contributed by atoms with Crippen molar-refractivity contribution in [3.8, 4) is 0 Å². The zero-order valence-corrected chi connectivity index (χ0v) is 18.0. The summed E-state index contributed by atoms with van der Waals surface area (Å²) in [5.74, 6) is -1.20. The first-order valence-electron chi connectivity index (χ1n) is 9.42. The number of thiophene rings is 1. The highest BCUT2D eigenvalue weighted by molar-refractivity contribution is 7.89. The summed E-state index contributed by atoms with van der Waals surface area (Å²) in [4.78, 5) is 26.7. The highest BCUT2D eigenvalue weighted by atomic mass is 32.2. The molecule has 3 rings (SSSR count). The molecule has 9 heteroatoms. The lowest BCUT2D eigenvalue weighted by Gasteiger charge is -2.34. The number of piperidine rings is 1. The summed E-state index contributed by atoms with van der Waals surface area (Å²) in [6, 6.07) is 9.76. The summed E-state index contributed by atoms with van der Waals surface area (Å²) in [5.41, 5.74) is -0.00257. The van der Waals surface area contributed by atoms with Gasteiger partial charge in [-0.25, -0.2) is 13.2 Å². The van der Waals surface area contributed by atoms with Crippen molar-refractivity contribution < 1.29 is 22.7 Å². The molecule has 0 spiro atoms. The minimum Gasteiger partial charge on any atom is -0.465 e. The number of esters is 1. The van der Waals surface area contributed by atoms with E-state index in [1.165, 1.54) is 34.9 Å². The van der Waals surface area contributed by atoms with E-state index in [0.717, 1.165) is 5.00 Å². The Morgan fingerprint density at radius 1 is 1.24 bits per heavy atom. The number of ether oxygens (including phenoxy) is 1. The molecule has 2 aromatic rings. The summed E-state index contributed by atoms with van der Waals surface area (Å²) in [6.45, 7) is 2.83. The number of anilines is 1. The van der Waals surface area contributed by atoms with Gasteiger partial charge in [0.1, 0.15) is 0 Å². The van der Waals surface area contributed by atoms with Crippen LogP contribution in [-0.2, 0) is 19.6 Å². The predicted octanol–water partition coefficient (Wildman–Crippen LogP) is 2.99. The van der Waals surface area contributed by atoms with Crippen LogP contribution in [0.4, 0.5) is 5.00 Å². The normalized spacial score (nSPS) is 17.7. The number of rotatable bonds is 6. The molecule has 29 heavy (non-hydrogen) atoms. The molecule has 0 radical (unpaired) electrons. The van der Waals surface area contributed by atoms with Gasteiger partial charge in [-0.1, -0.05) is 12.1 Å². The zero-order valence-electron chi connectivity index (χ0n) is 16.4. The van der Waals surface area contributed by atoms with E-state index in [4.69, 9.17) is 4.74 Å². The first kappa shape index (κ1) is 21.5. The van der Waals surface area contributed by atoms with Crippen LogP contribution in [0, 0.1) is 5.92 Å². The lowest BCUT2D eigenvalue weighted by atomic mass is 9.98. The molecular weight excluding hydrogens is 412 g/mol. The predicted molar refractivity (Wildman–Crippen MR) is 112 cm³/mol. The van der Waals surface area contributed by atoms with Gasteiger partial charge in [-0.15, -0.1) is 11.3 Å². The molecule has 156 valence electrons. The molecule has 1 saturated heterocycles. The highest BCUT2D eigenvalue weighted by Crippen LogP contribution is 2.29. The number of nitrogens with zero attached hydrogens (tertiary/aromatic N) is 2. The van der Waals surface area contributed by atoms with Crippen LogP contribution in [0.5, 0.6) is 0 Å². The third kappa shape index (κ3) is 4.36. The molecule has 1 fully saturated rings. The Morgan fingerprint density at radius 3 is 2.66 bits per heavy atom. The second-order valence-electron chi connectivity index (χ2n) is 6.72. The second kappa shape index (κ2) is 9.06. The number of carbonyl (C=O) groups excluding carboxylic acids is 2. The van der Waals surface area contributed by atoms with E-state index >= 15 is 0 Å².